The predicted molar refractivity (Wildman–Crippen MR) is 95.5 cm³/mol. The van der Waals surface area contributed by atoms with Crippen molar-refractivity contribution in [2.75, 3.05) is 0 Å². The molecule has 4 rings (SSSR count). The van der Waals surface area contributed by atoms with Gasteiger partial charge in [-0.05, 0) is 17.7 Å². The van der Waals surface area contributed by atoms with Crippen LogP contribution in [-0.4, -0.2) is 31.5 Å². The first-order chi connectivity index (χ1) is 14.2. The van der Waals surface area contributed by atoms with E-state index in [0.29, 0.717) is 11.1 Å². The maximum Gasteiger partial charge on any atom is 0.416 e. The fraction of sp³-hybridized carbons (Fsp3) is 0.263. The molecule has 2 aromatic heterocycles. The van der Waals surface area contributed by atoms with E-state index < -0.39 is 23.7 Å². The van der Waals surface area contributed by atoms with E-state index in [9.17, 15) is 22.8 Å². The molecule has 0 unspecified atom stereocenters. The van der Waals surface area contributed by atoms with Gasteiger partial charge < -0.3 is 9.47 Å². The predicted octanol–water partition coefficient (Wildman–Crippen LogP) is 2.96. The summed E-state index contributed by atoms with van der Waals surface area (Å²) in [4.78, 5) is 23.6. The summed E-state index contributed by atoms with van der Waals surface area (Å²) >= 11 is 0. The zero-order valence-corrected chi connectivity index (χ0v) is 15.6. The molecular formula is C19H15F3N4O4. The van der Waals surface area contributed by atoms with Crippen molar-refractivity contribution < 1.29 is 32.2 Å². The monoisotopic (exact) mass is 420 g/mol. The van der Waals surface area contributed by atoms with Crippen LogP contribution in [0.2, 0.25) is 0 Å². The lowest BCUT2D eigenvalue weighted by atomic mass is 10.1. The molecule has 8 nitrogen and oxygen atoms in total. The van der Waals surface area contributed by atoms with E-state index in [1.165, 1.54) is 28.7 Å². The van der Waals surface area contributed by atoms with E-state index in [4.69, 9.17) is 9.47 Å². The molecule has 0 spiro atoms. The van der Waals surface area contributed by atoms with Crippen molar-refractivity contribution in [3.05, 3.63) is 47.9 Å². The Hall–Kier alpha value is -3.63. The maximum absolute atomic E-state index is 13.0. The molecule has 156 valence electrons. The Kier molecular flexibility index (Phi) is 4.80. The Labute approximate surface area is 167 Å². The molecule has 0 bridgehead atoms. The number of alkyl halides is 3. The Morgan fingerprint density at radius 1 is 1.10 bits per heavy atom. The second-order valence-corrected chi connectivity index (χ2v) is 6.66. The summed E-state index contributed by atoms with van der Waals surface area (Å²) in [7, 11) is 1.53. The van der Waals surface area contributed by atoms with Crippen molar-refractivity contribution >= 4 is 11.9 Å². The van der Waals surface area contributed by atoms with Gasteiger partial charge in [0.1, 0.15) is 5.69 Å². The first kappa shape index (κ1) is 19.7. The average molecular weight is 420 g/mol. The number of hydrogen-bond acceptors (Lipinski definition) is 6. The second-order valence-electron chi connectivity index (χ2n) is 6.66. The van der Waals surface area contributed by atoms with Gasteiger partial charge in [0.15, 0.2) is 0 Å². The van der Waals surface area contributed by atoms with E-state index in [-0.39, 0.29) is 36.7 Å². The number of rotatable bonds is 3. The van der Waals surface area contributed by atoms with Gasteiger partial charge in [-0.3, -0.25) is 14.3 Å². The number of aromatic nitrogens is 4. The molecule has 0 saturated carbocycles. The molecule has 11 heteroatoms. The van der Waals surface area contributed by atoms with Gasteiger partial charge in [-0.2, -0.15) is 23.4 Å². The highest BCUT2D eigenvalue weighted by Gasteiger charge is 2.31. The molecule has 0 saturated heterocycles. The third-order valence-electron chi connectivity index (χ3n) is 4.45. The number of carbonyl (C=O) groups is 2. The van der Waals surface area contributed by atoms with Crippen LogP contribution in [0.1, 0.15) is 24.1 Å². The number of benzene rings is 1. The van der Waals surface area contributed by atoms with Crippen molar-refractivity contribution in [1.82, 2.24) is 19.6 Å². The molecule has 3 heterocycles. The molecule has 0 radical (unpaired) electrons. The van der Waals surface area contributed by atoms with Crippen LogP contribution in [-0.2, 0) is 29.4 Å². The molecule has 1 aliphatic heterocycles. The van der Waals surface area contributed by atoms with Crippen molar-refractivity contribution in [3.8, 4) is 22.8 Å². The van der Waals surface area contributed by atoms with Crippen molar-refractivity contribution in [2.24, 2.45) is 7.05 Å². The quantitative estimate of drug-likeness (QED) is 0.606. The summed E-state index contributed by atoms with van der Waals surface area (Å²) < 4.78 is 52.1. The van der Waals surface area contributed by atoms with Crippen molar-refractivity contribution in [1.29, 1.82) is 0 Å². The molecule has 3 aromatic rings. The summed E-state index contributed by atoms with van der Waals surface area (Å²) in [6.07, 6.45) is -1.69. The van der Waals surface area contributed by atoms with Gasteiger partial charge in [0.25, 0.3) is 5.88 Å². The standard InChI is InChI=1S/C19H15F3N4O4/c1-25-18-17(29-15(27)5-6-16(28)30-18)14(24-25)10-26-9-12(8-23-26)11-3-2-4-13(7-11)19(20,21)22/h2-4,7-9H,5-6,10H2,1H3. The van der Waals surface area contributed by atoms with Gasteiger partial charge in [0.2, 0.25) is 5.75 Å². The lowest BCUT2D eigenvalue weighted by Gasteiger charge is -2.11. The van der Waals surface area contributed by atoms with E-state index in [2.05, 4.69) is 10.2 Å². The lowest BCUT2D eigenvalue weighted by molar-refractivity contribution is -0.143. The number of nitrogens with zero attached hydrogens (tertiary/aromatic N) is 4. The van der Waals surface area contributed by atoms with Crippen LogP contribution in [0, 0.1) is 0 Å². The van der Waals surface area contributed by atoms with Crippen LogP contribution in [0.15, 0.2) is 36.7 Å². The Balaban J connectivity index is 1.62. The normalized spacial score (nSPS) is 14.5. The highest BCUT2D eigenvalue weighted by molar-refractivity contribution is 5.82. The molecule has 1 aliphatic rings. The number of fused-ring (bicyclic) bond motifs is 1. The van der Waals surface area contributed by atoms with Gasteiger partial charge in [-0.15, -0.1) is 0 Å². The molecule has 30 heavy (non-hydrogen) atoms. The van der Waals surface area contributed by atoms with Gasteiger partial charge >= 0.3 is 18.1 Å². The number of carbonyl (C=O) groups excluding carboxylic acids is 2. The smallest absolute Gasteiger partial charge is 0.416 e. The fourth-order valence-corrected chi connectivity index (χ4v) is 3.02. The van der Waals surface area contributed by atoms with Crippen LogP contribution in [0.3, 0.4) is 0 Å². The molecule has 0 N–H and O–H groups in total. The minimum Gasteiger partial charge on any atom is -0.419 e. The number of ether oxygens (including phenoxy) is 2. The van der Waals surface area contributed by atoms with Crippen LogP contribution < -0.4 is 9.47 Å². The molecular weight excluding hydrogens is 405 g/mol. The van der Waals surface area contributed by atoms with Crippen LogP contribution in [0.4, 0.5) is 13.2 Å². The SMILES string of the molecule is Cn1nc(Cn2cc(-c3cccc(C(F)(F)F)c3)cn2)c2c1OC(=O)CCC(=O)O2. The van der Waals surface area contributed by atoms with E-state index in [0.717, 1.165) is 12.1 Å². The topological polar surface area (TPSA) is 88.2 Å². The first-order valence-corrected chi connectivity index (χ1v) is 8.88. The highest BCUT2D eigenvalue weighted by Crippen LogP contribution is 2.34. The average Bonchev–Trinajstić information content (AvgIpc) is 3.25. The zero-order valence-electron chi connectivity index (χ0n) is 15.6. The van der Waals surface area contributed by atoms with Crippen LogP contribution in [0.25, 0.3) is 11.1 Å². The van der Waals surface area contributed by atoms with E-state index >= 15 is 0 Å². The number of hydrogen-bond donors (Lipinski definition) is 0. The van der Waals surface area contributed by atoms with Gasteiger partial charge in [0.05, 0.1) is 31.1 Å². The number of halogens is 3. The van der Waals surface area contributed by atoms with Crippen LogP contribution in [0.5, 0.6) is 11.6 Å². The highest BCUT2D eigenvalue weighted by atomic mass is 19.4. The van der Waals surface area contributed by atoms with Crippen LogP contribution >= 0.6 is 0 Å². The number of aryl methyl sites for hydroxylation is 1. The molecule has 1 aromatic carbocycles. The largest absolute Gasteiger partial charge is 0.419 e. The third kappa shape index (κ3) is 3.91. The first-order valence-electron chi connectivity index (χ1n) is 8.88. The Morgan fingerprint density at radius 3 is 2.57 bits per heavy atom. The molecule has 0 fully saturated rings. The van der Waals surface area contributed by atoms with Gasteiger partial charge in [0, 0.05) is 18.8 Å². The molecule has 0 aliphatic carbocycles. The summed E-state index contributed by atoms with van der Waals surface area (Å²) in [6.45, 7) is 0.0486. The minimum atomic E-state index is -4.45. The maximum atomic E-state index is 13.0. The van der Waals surface area contributed by atoms with E-state index in [1.807, 2.05) is 0 Å². The zero-order chi connectivity index (χ0) is 21.5. The van der Waals surface area contributed by atoms with E-state index in [1.54, 1.807) is 12.3 Å². The fourth-order valence-electron chi connectivity index (χ4n) is 3.02. The summed E-state index contributed by atoms with van der Waals surface area (Å²) in [5.41, 5.74) is 0.359. The summed E-state index contributed by atoms with van der Waals surface area (Å²) in [6, 6.07) is 4.91. The second kappa shape index (κ2) is 7.32. The minimum absolute atomic E-state index is 0.00769. The lowest BCUT2D eigenvalue weighted by Crippen LogP contribution is -2.19. The summed E-state index contributed by atoms with van der Waals surface area (Å²) in [5, 5.41) is 8.37. The Morgan fingerprint density at radius 2 is 1.83 bits per heavy atom. The third-order valence-corrected chi connectivity index (χ3v) is 4.45. The van der Waals surface area contributed by atoms with Crippen molar-refractivity contribution in [2.45, 2.75) is 25.6 Å². The number of esters is 2. The van der Waals surface area contributed by atoms with Gasteiger partial charge in [-0.25, -0.2) is 4.68 Å². The van der Waals surface area contributed by atoms with Gasteiger partial charge in [-0.1, -0.05) is 12.1 Å². The molecule has 0 atom stereocenters. The molecule has 0 amide bonds. The summed E-state index contributed by atoms with van der Waals surface area (Å²) in [5.74, 6) is -1.14. The van der Waals surface area contributed by atoms with Crippen molar-refractivity contribution in [3.63, 3.8) is 0 Å². The Bertz CT molecular complexity index is 1130.